The number of H-pyrrole nitrogens is 1. The number of aryl methyl sites for hydroxylation is 1. The number of aromatic amines is 1. The van der Waals surface area contributed by atoms with Crippen molar-refractivity contribution in [2.45, 2.75) is 38.4 Å². The summed E-state index contributed by atoms with van der Waals surface area (Å²) >= 11 is 1.33. The minimum atomic E-state index is -0.251. The summed E-state index contributed by atoms with van der Waals surface area (Å²) in [7, 11) is 0. The minimum Gasteiger partial charge on any atom is -0.368 e. The normalized spacial score (nSPS) is 14.3. The molecular formula is C23H28FN5O2S. The number of unbranched alkanes of at least 4 members (excludes halogenated alkanes) is 1. The summed E-state index contributed by atoms with van der Waals surface area (Å²) in [6.07, 6.45) is 1.84. The molecule has 1 saturated heterocycles. The van der Waals surface area contributed by atoms with Crippen molar-refractivity contribution < 1.29 is 9.18 Å². The van der Waals surface area contributed by atoms with E-state index in [2.05, 4.69) is 21.8 Å². The highest BCUT2D eigenvalue weighted by Crippen LogP contribution is 2.21. The summed E-state index contributed by atoms with van der Waals surface area (Å²) < 4.78 is 14.8. The van der Waals surface area contributed by atoms with Crippen LogP contribution in [0.15, 0.2) is 40.3 Å². The molecule has 0 radical (unpaired) electrons. The molecule has 1 amide bonds. The molecule has 1 aromatic carbocycles. The van der Waals surface area contributed by atoms with E-state index in [4.69, 9.17) is 0 Å². The van der Waals surface area contributed by atoms with Crippen molar-refractivity contribution >= 4 is 34.4 Å². The van der Waals surface area contributed by atoms with Crippen molar-refractivity contribution in [3.05, 3.63) is 52.2 Å². The predicted molar refractivity (Wildman–Crippen MR) is 126 cm³/mol. The fourth-order valence-corrected chi connectivity index (χ4v) is 4.85. The topological polar surface area (TPSA) is 74.2 Å². The summed E-state index contributed by atoms with van der Waals surface area (Å²) in [5.74, 6) is 0.0262. The Kier molecular flexibility index (Phi) is 6.83. The van der Waals surface area contributed by atoms with Crippen LogP contribution >= 0.6 is 11.8 Å². The Labute approximate surface area is 190 Å². The molecule has 32 heavy (non-hydrogen) atoms. The second-order valence-electron chi connectivity index (χ2n) is 8.05. The molecule has 3 heterocycles. The Morgan fingerprint density at radius 3 is 2.59 bits per heavy atom. The van der Waals surface area contributed by atoms with Gasteiger partial charge in [-0.3, -0.25) is 14.2 Å². The van der Waals surface area contributed by atoms with E-state index in [-0.39, 0.29) is 23.0 Å². The van der Waals surface area contributed by atoms with Gasteiger partial charge in [-0.05, 0) is 43.7 Å². The number of carbonyl (C=O) groups is 1. The van der Waals surface area contributed by atoms with Gasteiger partial charge in [0.25, 0.3) is 5.56 Å². The average molecular weight is 458 g/mol. The molecule has 0 bridgehead atoms. The molecule has 1 N–H and O–H groups in total. The van der Waals surface area contributed by atoms with Crippen LogP contribution in [0.2, 0.25) is 0 Å². The second-order valence-corrected chi connectivity index (χ2v) is 8.99. The zero-order valence-electron chi connectivity index (χ0n) is 18.4. The van der Waals surface area contributed by atoms with Crippen molar-refractivity contribution in [2.24, 2.45) is 0 Å². The fourth-order valence-electron chi connectivity index (χ4n) is 3.92. The van der Waals surface area contributed by atoms with Gasteiger partial charge in [0.1, 0.15) is 11.3 Å². The van der Waals surface area contributed by atoms with Gasteiger partial charge in [0.05, 0.1) is 11.3 Å². The summed E-state index contributed by atoms with van der Waals surface area (Å²) in [5.41, 5.74) is 2.93. The van der Waals surface area contributed by atoms with Crippen molar-refractivity contribution in [3.8, 4) is 0 Å². The molecule has 1 aliphatic heterocycles. The molecule has 1 aliphatic rings. The van der Waals surface area contributed by atoms with Crippen LogP contribution in [-0.4, -0.2) is 57.3 Å². The monoisotopic (exact) mass is 457 g/mol. The lowest BCUT2D eigenvalue weighted by molar-refractivity contribution is -0.128. The SMILES string of the molecule is CCCCn1c(SCC(=O)N2CCN(c3ccc(F)cc3)CC2)nc2cc(C)[nH]c2c1=O. The number of rotatable bonds is 7. The van der Waals surface area contributed by atoms with Crippen molar-refractivity contribution in [2.75, 3.05) is 36.8 Å². The number of nitrogens with zero attached hydrogens (tertiary/aromatic N) is 4. The van der Waals surface area contributed by atoms with E-state index in [1.807, 2.05) is 17.9 Å². The quantitative estimate of drug-likeness (QED) is 0.435. The smallest absolute Gasteiger partial charge is 0.278 e. The van der Waals surface area contributed by atoms with E-state index >= 15 is 0 Å². The molecule has 9 heteroatoms. The lowest BCUT2D eigenvalue weighted by atomic mass is 10.2. The van der Waals surface area contributed by atoms with Crippen LogP contribution in [0.1, 0.15) is 25.5 Å². The van der Waals surface area contributed by atoms with Gasteiger partial charge in [0, 0.05) is 44.1 Å². The van der Waals surface area contributed by atoms with Gasteiger partial charge >= 0.3 is 0 Å². The molecule has 0 atom stereocenters. The number of anilines is 1. The van der Waals surface area contributed by atoms with Gasteiger partial charge in [-0.25, -0.2) is 9.37 Å². The summed E-state index contributed by atoms with van der Waals surface area (Å²) in [6, 6.07) is 8.31. The van der Waals surface area contributed by atoms with Crippen LogP contribution in [0, 0.1) is 12.7 Å². The number of nitrogens with one attached hydrogen (secondary N) is 1. The second kappa shape index (κ2) is 9.77. The molecule has 2 aromatic heterocycles. The number of halogens is 1. The number of fused-ring (bicyclic) bond motifs is 1. The third-order valence-electron chi connectivity index (χ3n) is 5.72. The first-order chi connectivity index (χ1) is 15.5. The van der Waals surface area contributed by atoms with Gasteiger partial charge in [-0.15, -0.1) is 0 Å². The van der Waals surface area contributed by atoms with Crippen molar-refractivity contribution in [3.63, 3.8) is 0 Å². The van der Waals surface area contributed by atoms with Crippen LogP contribution < -0.4 is 10.5 Å². The van der Waals surface area contributed by atoms with E-state index in [9.17, 15) is 14.0 Å². The Balaban J connectivity index is 1.41. The number of thioether (sulfide) groups is 1. The lowest BCUT2D eigenvalue weighted by Crippen LogP contribution is -2.49. The van der Waals surface area contributed by atoms with E-state index in [0.29, 0.717) is 48.9 Å². The number of hydrogen-bond acceptors (Lipinski definition) is 5. The Bertz CT molecular complexity index is 1150. The molecule has 1 fully saturated rings. The summed E-state index contributed by atoms with van der Waals surface area (Å²) in [5, 5.41) is 0.591. The van der Waals surface area contributed by atoms with Crippen LogP contribution in [0.4, 0.5) is 10.1 Å². The van der Waals surface area contributed by atoms with Gasteiger partial charge in [0.15, 0.2) is 5.16 Å². The molecule has 4 rings (SSSR count). The molecule has 3 aromatic rings. The molecule has 170 valence electrons. The van der Waals surface area contributed by atoms with Crippen LogP contribution in [0.25, 0.3) is 11.0 Å². The minimum absolute atomic E-state index is 0.0374. The average Bonchev–Trinajstić information content (AvgIpc) is 3.18. The van der Waals surface area contributed by atoms with Crippen LogP contribution in [-0.2, 0) is 11.3 Å². The standard InChI is InChI=1S/C23H28FN5O2S/c1-3-4-9-29-22(31)21-19(14-16(2)25-21)26-23(29)32-15-20(30)28-12-10-27(11-13-28)18-7-5-17(24)6-8-18/h5-8,14,25H,3-4,9-13,15H2,1-2H3. The van der Waals surface area contributed by atoms with Gasteiger partial charge in [0.2, 0.25) is 5.91 Å². The molecule has 0 unspecified atom stereocenters. The van der Waals surface area contributed by atoms with Crippen LogP contribution in [0.5, 0.6) is 0 Å². The Morgan fingerprint density at radius 2 is 1.91 bits per heavy atom. The number of hydrogen-bond donors (Lipinski definition) is 1. The number of piperazine rings is 1. The number of aromatic nitrogens is 3. The van der Waals surface area contributed by atoms with E-state index in [1.165, 1.54) is 23.9 Å². The maximum atomic E-state index is 13.2. The largest absolute Gasteiger partial charge is 0.368 e. The first-order valence-electron chi connectivity index (χ1n) is 11.0. The fraction of sp³-hybridized carbons (Fsp3) is 0.435. The molecule has 0 spiro atoms. The van der Waals surface area contributed by atoms with Crippen molar-refractivity contribution in [1.29, 1.82) is 0 Å². The highest BCUT2D eigenvalue weighted by Gasteiger charge is 2.22. The predicted octanol–water partition coefficient (Wildman–Crippen LogP) is 3.41. The Hall–Kier alpha value is -2.81. The maximum Gasteiger partial charge on any atom is 0.278 e. The van der Waals surface area contributed by atoms with E-state index in [1.54, 1.807) is 16.7 Å². The van der Waals surface area contributed by atoms with Gasteiger partial charge in [-0.1, -0.05) is 25.1 Å². The third-order valence-corrected chi connectivity index (χ3v) is 6.68. The van der Waals surface area contributed by atoms with Crippen LogP contribution in [0.3, 0.4) is 0 Å². The maximum absolute atomic E-state index is 13.2. The molecular weight excluding hydrogens is 429 g/mol. The summed E-state index contributed by atoms with van der Waals surface area (Å²) in [6.45, 7) is 7.21. The Morgan fingerprint density at radius 1 is 1.19 bits per heavy atom. The molecule has 0 aliphatic carbocycles. The number of carbonyl (C=O) groups excluding carboxylic acids is 1. The van der Waals surface area contributed by atoms with Crippen molar-refractivity contribution in [1.82, 2.24) is 19.4 Å². The first-order valence-corrected chi connectivity index (χ1v) is 12.0. The summed E-state index contributed by atoms with van der Waals surface area (Å²) in [4.78, 5) is 37.6. The third kappa shape index (κ3) is 4.82. The lowest BCUT2D eigenvalue weighted by Gasteiger charge is -2.36. The zero-order chi connectivity index (χ0) is 22.7. The van der Waals surface area contributed by atoms with Gasteiger partial charge in [-0.2, -0.15) is 0 Å². The highest BCUT2D eigenvalue weighted by atomic mass is 32.2. The number of amides is 1. The highest BCUT2D eigenvalue weighted by molar-refractivity contribution is 7.99. The van der Waals surface area contributed by atoms with E-state index < -0.39 is 0 Å². The zero-order valence-corrected chi connectivity index (χ0v) is 19.3. The van der Waals surface area contributed by atoms with E-state index in [0.717, 1.165) is 24.2 Å². The molecule has 7 nitrogen and oxygen atoms in total. The first kappa shape index (κ1) is 22.4. The van der Waals surface area contributed by atoms with Gasteiger partial charge < -0.3 is 14.8 Å². The molecule has 0 saturated carbocycles. The number of benzene rings is 1.